The SMILES string of the molecule is CC(C)NC(=O)[C@@H]1C[C@@H](NCc2cccc(C(F)(F)F)c2)CN1Cc1cccc(Cl)c1. The molecule has 0 aromatic heterocycles. The van der Waals surface area contributed by atoms with Gasteiger partial charge in [0.2, 0.25) is 5.91 Å². The second-order valence-electron chi connectivity index (χ2n) is 8.25. The average Bonchev–Trinajstić information content (AvgIpc) is 3.08. The molecule has 0 bridgehead atoms. The zero-order valence-electron chi connectivity index (χ0n) is 17.5. The van der Waals surface area contributed by atoms with Crippen LogP contribution in [0.3, 0.4) is 0 Å². The van der Waals surface area contributed by atoms with Gasteiger partial charge in [-0.15, -0.1) is 0 Å². The molecular formula is C23H27ClF3N3O. The lowest BCUT2D eigenvalue weighted by Crippen LogP contribution is -2.45. The fraction of sp³-hybridized carbons (Fsp3) is 0.435. The number of carbonyl (C=O) groups excluding carboxylic acids is 1. The van der Waals surface area contributed by atoms with E-state index in [1.165, 1.54) is 6.07 Å². The maximum atomic E-state index is 13.0. The van der Waals surface area contributed by atoms with Crippen LogP contribution in [0.4, 0.5) is 13.2 Å². The Hall–Kier alpha value is -2.09. The van der Waals surface area contributed by atoms with Crippen LogP contribution in [-0.4, -0.2) is 35.5 Å². The predicted octanol–water partition coefficient (Wildman–Crippen LogP) is 4.62. The van der Waals surface area contributed by atoms with Crippen LogP contribution in [-0.2, 0) is 24.1 Å². The van der Waals surface area contributed by atoms with E-state index in [0.29, 0.717) is 36.6 Å². The van der Waals surface area contributed by atoms with Crippen LogP contribution in [0, 0.1) is 0 Å². The third-order valence-electron chi connectivity index (χ3n) is 5.26. The summed E-state index contributed by atoms with van der Waals surface area (Å²) in [5, 5.41) is 6.94. The first kappa shape index (κ1) is 23.6. The highest BCUT2D eigenvalue weighted by Gasteiger charge is 2.37. The summed E-state index contributed by atoms with van der Waals surface area (Å²) in [5.41, 5.74) is 0.912. The average molecular weight is 454 g/mol. The Balaban J connectivity index is 1.68. The number of rotatable bonds is 7. The molecule has 2 N–H and O–H groups in total. The summed E-state index contributed by atoms with van der Waals surface area (Å²) < 4.78 is 38.9. The van der Waals surface area contributed by atoms with Gasteiger partial charge in [0, 0.05) is 36.7 Å². The summed E-state index contributed by atoms with van der Waals surface area (Å²) in [6, 6.07) is 12.5. The van der Waals surface area contributed by atoms with Crippen molar-refractivity contribution in [1.82, 2.24) is 15.5 Å². The molecule has 2 aromatic rings. The molecule has 0 saturated carbocycles. The maximum absolute atomic E-state index is 13.0. The molecule has 0 unspecified atom stereocenters. The third kappa shape index (κ3) is 6.69. The molecule has 1 heterocycles. The predicted molar refractivity (Wildman–Crippen MR) is 116 cm³/mol. The van der Waals surface area contributed by atoms with Crippen LogP contribution in [0.15, 0.2) is 48.5 Å². The summed E-state index contributed by atoms with van der Waals surface area (Å²) in [5.74, 6) is -0.0413. The van der Waals surface area contributed by atoms with Crippen molar-refractivity contribution in [3.05, 3.63) is 70.2 Å². The maximum Gasteiger partial charge on any atom is 0.416 e. The second kappa shape index (κ2) is 10.0. The van der Waals surface area contributed by atoms with Gasteiger partial charge in [0.25, 0.3) is 0 Å². The van der Waals surface area contributed by atoms with Gasteiger partial charge < -0.3 is 10.6 Å². The van der Waals surface area contributed by atoms with Crippen molar-refractivity contribution in [2.24, 2.45) is 0 Å². The van der Waals surface area contributed by atoms with Gasteiger partial charge in [-0.1, -0.05) is 41.9 Å². The van der Waals surface area contributed by atoms with Crippen LogP contribution in [0.5, 0.6) is 0 Å². The lowest BCUT2D eigenvalue weighted by molar-refractivity contribution is -0.137. The molecule has 3 rings (SSSR count). The number of halogens is 4. The van der Waals surface area contributed by atoms with Gasteiger partial charge in [0.15, 0.2) is 0 Å². The van der Waals surface area contributed by atoms with E-state index in [9.17, 15) is 18.0 Å². The highest BCUT2D eigenvalue weighted by molar-refractivity contribution is 6.30. The van der Waals surface area contributed by atoms with Crippen LogP contribution >= 0.6 is 11.6 Å². The minimum absolute atomic E-state index is 0.0170. The zero-order chi connectivity index (χ0) is 22.6. The van der Waals surface area contributed by atoms with Crippen LogP contribution in [0.1, 0.15) is 37.0 Å². The Morgan fingerprint density at radius 3 is 2.55 bits per heavy atom. The van der Waals surface area contributed by atoms with E-state index >= 15 is 0 Å². The molecule has 1 saturated heterocycles. The fourth-order valence-corrected chi connectivity index (χ4v) is 4.08. The van der Waals surface area contributed by atoms with Gasteiger partial charge in [-0.3, -0.25) is 9.69 Å². The Kier molecular flexibility index (Phi) is 7.62. The van der Waals surface area contributed by atoms with Crippen molar-refractivity contribution in [3.8, 4) is 0 Å². The second-order valence-corrected chi connectivity index (χ2v) is 8.69. The standard InChI is InChI=1S/C23H27ClF3N3O/c1-15(2)29-22(31)21-11-20(14-30(21)13-17-6-4-8-19(24)10-17)28-12-16-5-3-7-18(9-16)23(25,26)27/h3-10,15,20-21,28H,11-14H2,1-2H3,(H,29,31)/t20-,21+/m1/s1. The van der Waals surface area contributed by atoms with E-state index < -0.39 is 11.7 Å². The Bertz CT molecular complexity index is 904. The summed E-state index contributed by atoms with van der Waals surface area (Å²) in [6.07, 6.45) is -3.78. The molecule has 1 aliphatic rings. The highest BCUT2D eigenvalue weighted by Crippen LogP contribution is 2.29. The van der Waals surface area contributed by atoms with Crippen LogP contribution in [0.2, 0.25) is 5.02 Å². The van der Waals surface area contributed by atoms with E-state index in [1.54, 1.807) is 12.1 Å². The number of nitrogens with one attached hydrogen (secondary N) is 2. The number of benzene rings is 2. The molecule has 2 aromatic carbocycles. The number of nitrogens with zero attached hydrogens (tertiary/aromatic N) is 1. The minimum Gasteiger partial charge on any atom is -0.353 e. The zero-order valence-corrected chi connectivity index (χ0v) is 18.3. The molecule has 1 aliphatic heterocycles. The Morgan fingerprint density at radius 2 is 1.87 bits per heavy atom. The van der Waals surface area contributed by atoms with E-state index in [1.807, 2.05) is 32.0 Å². The van der Waals surface area contributed by atoms with Crippen molar-refractivity contribution in [2.45, 2.75) is 57.7 Å². The van der Waals surface area contributed by atoms with Crippen molar-refractivity contribution < 1.29 is 18.0 Å². The summed E-state index contributed by atoms with van der Waals surface area (Å²) >= 11 is 6.10. The molecule has 0 spiro atoms. The lowest BCUT2D eigenvalue weighted by atomic mass is 10.1. The van der Waals surface area contributed by atoms with E-state index in [2.05, 4.69) is 15.5 Å². The highest BCUT2D eigenvalue weighted by atomic mass is 35.5. The first-order valence-corrected chi connectivity index (χ1v) is 10.7. The first-order chi connectivity index (χ1) is 14.6. The molecule has 8 heteroatoms. The van der Waals surface area contributed by atoms with Gasteiger partial charge in [0.1, 0.15) is 0 Å². The normalized spacial score (nSPS) is 19.7. The summed E-state index contributed by atoms with van der Waals surface area (Å²) in [7, 11) is 0. The fourth-order valence-electron chi connectivity index (χ4n) is 3.87. The topological polar surface area (TPSA) is 44.4 Å². The number of alkyl halides is 3. The van der Waals surface area contributed by atoms with E-state index in [0.717, 1.165) is 17.7 Å². The molecular weight excluding hydrogens is 427 g/mol. The minimum atomic E-state index is -4.36. The number of likely N-dealkylation sites (tertiary alicyclic amines) is 1. The molecule has 0 aliphatic carbocycles. The van der Waals surface area contributed by atoms with E-state index in [4.69, 9.17) is 11.6 Å². The van der Waals surface area contributed by atoms with Gasteiger partial charge in [-0.2, -0.15) is 13.2 Å². The molecule has 31 heavy (non-hydrogen) atoms. The van der Waals surface area contributed by atoms with Gasteiger partial charge in [-0.25, -0.2) is 0 Å². The first-order valence-electron chi connectivity index (χ1n) is 10.3. The molecule has 1 amide bonds. The number of hydrogen-bond donors (Lipinski definition) is 2. The molecule has 168 valence electrons. The smallest absolute Gasteiger partial charge is 0.353 e. The molecule has 0 radical (unpaired) electrons. The third-order valence-corrected chi connectivity index (χ3v) is 5.50. The lowest BCUT2D eigenvalue weighted by Gasteiger charge is -2.24. The Morgan fingerprint density at radius 1 is 1.16 bits per heavy atom. The van der Waals surface area contributed by atoms with Gasteiger partial charge in [0.05, 0.1) is 11.6 Å². The molecule has 2 atom stereocenters. The molecule has 4 nitrogen and oxygen atoms in total. The van der Waals surface area contributed by atoms with Crippen molar-refractivity contribution in [3.63, 3.8) is 0 Å². The molecule has 1 fully saturated rings. The van der Waals surface area contributed by atoms with E-state index in [-0.39, 0.29) is 24.0 Å². The van der Waals surface area contributed by atoms with Crippen LogP contribution in [0.25, 0.3) is 0 Å². The number of carbonyl (C=O) groups is 1. The monoisotopic (exact) mass is 453 g/mol. The van der Waals surface area contributed by atoms with Crippen LogP contribution < -0.4 is 10.6 Å². The Labute approximate surface area is 185 Å². The number of hydrogen-bond acceptors (Lipinski definition) is 3. The number of amides is 1. The van der Waals surface area contributed by atoms with Gasteiger partial charge in [-0.05, 0) is 49.6 Å². The summed E-state index contributed by atoms with van der Waals surface area (Å²) in [6.45, 7) is 5.31. The van der Waals surface area contributed by atoms with Crippen molar-refractivity contribution >= 4 is 17.5 Å². The largest absolute Gasteiger partial charge is 0.416 e. The van der Waals surface area contributed by atoms with Crippen molar-refractivity contribution in [2.75, 3.05) is 6.54 Å². The van der Waals surface area contributed by atoms with Crippen molar-refractivity contribution in [1.29, 1.82) is 0 Å². The van der Waals surface area contributed by atoms with Gasteiger partial charge >= 0.3 is 6.18 Å². The quantitative estimate of drug-likeness (QED) is 0.643. The summed E-state index contributed by atoms with van der Waals surface area (Å²) in [4.78, 5) is 14.9.